The van der Waals surface area contributed by atoms with Crippen LogP contribution in [-0.4, -0.2) is 52.3 Å². The summed E-state index contributed by atoms with van der Waals surface area (Å²) in [4.78, 5) is 28.7. The van der Waals surface area contributed by atoms with Crippen molar-refractivity contribution < 1.29 is 14.3 Å². The van der Waals surface area contributed by atoms with Crippen LogP contribution in [0.5, 0.6) is 0 Å². The first-order valence-corrected chi connectivity index (χ1v) is 11.2. The Morgan fingerprint density at radius 3 is 2.63 bits per heavy atom. The fourth-order valence-corrected chi connectivity index (χ4v) is 4.19. The molecule has 2 amide bonds. The number of carbonyl (C=O) groups excluding carboxylic acids is 2. The molecular formula is C24H24N8O3. The highest BCUT2D eigenvalue weighted by Crippen LogP contribution is 2.28. The van der Waals surface area contributed by atoms with Gasteiger partial charge >= 0.3 is 6.09 Å². The van der Waals surface area contributed by atoms with Crippen LogP contribution in [0.15, 0.2) is 36.7 Å². The summed E-state index contributed by atoms with van der Waals surface area (Å²) >= 11 is 0. The van der Waals surface area contributed by atoms with E-state index in [0.29, 0.717) is 28.2 Å². The number of nitriles is 2. The Morgan fingerprint density at radius 1 is 1.14 bits per heavy atom. The van der Waals surface area contributed by atoms with Crippen LogP contribution in [0, 0.1) is 22.7 Å². The molecule has 35 heavy (non-hydrogen) atoms. The molecule has 3 heterocycles. The maximum Gasteiger partial charge on any atom is 0.407 e. The molecule has 0 aliphatic heterocycles. The van der Waals surface area contributed by atoms with Crippen LogP contribution in [0.4, 0.5) is 10.5 Å². The molecular weight excluding hydrogens is 448 g/mol. The molecule has 1 saturated carbocycles. The molecule has 0 spiro atoms. The number of aromatic nitrogens is 3. The third kappa shape index (κ3) is 5.31. The van der Waals surface area contributed by atoms with E-state index >= 15 is 0 Å². The lowest BCUT2D eigenvalue weighted by Gasteiger charge is -2.30. The summed E-state index contributed by atoms with van der Waals surface area (Å²) in [5.74, 6) is -0.397. The van der Waals surface area contributed by atoms with Crippen molar-refractivity contribution in [2.45, 2.75) is 37.8 Å². The smallest absolute Gasteiger partial charge is 0.407 e. The van der Waals surface area contributed by atoms with Gasteiger partial charge in [0.1, 0.15) is 12.6 Å². The number of hydrogen-bond acceptors (Lipinski definition) is 8. The molecule has 0 bridgehead atoms. The molecule has 1 fully saturated rings. The number of nitrogens with one attached hydrogen (secondary N) is 3. The molecule has 0 unspecified atom stereocenters. The molecule has 1 aliphatic rings. The zero-order valence-electron chi connectivity index (χ0n) is 19.1. The van der Waals surface area contributed by atoms with Gasteiger partial charge in [0.25, 0.3) is 5.91 Å². The van der Waals surface area contributed by atoms with Crippen LogP contribution < -0.4 is 16.0 Å². The number of pyridine rings is 1. The highest BCUT2D eigenvalue weighted by atomic mass is 16.5. The Hall–Kier alpha value is -4.64. The van der Waals surface area contributed by atoms with Gasteiger partial charge in [0.2, 0.25) is 0 Å². The average Bonchev–Trinajstić information content (AvgIpc) is 3.31. The summed E-state index contributed by atoms with van der Waals surface area (Å²) in [7, 11) is 1.34. The van der Waals surface area contributed by atoms with Crippen molar-refractivity contribution in [1.29, 1.82) is 10.5 Å². The fraction of sp³-hybridized carbons (Fsp3) is 0.333. The van der Waals surface area contributed by atoms with Gasteiger partial charge < -0.3 is 20.7 Å². The highest BCUT2D eigenvalue weighted by Gasteiger charge is 2.24. The van der Waals surface area contributed by atoms with Crippen LogP contribution >= 0.6 is 0 Å². The van der Waals surface area contributed by atoms with Gasteiger partial charge in [-0.05, 0) is 49.9 Å². The second-order valence-electron chi connectivity index (χ2n) is 8.20. The molecule has 0 atom stereocenters. The van der Waals surface area contributed by atoms with Gasteiger partial charge in [0.05, 0.1) is 53.1 Å². The summed E-state index contributed by atoms with van der Waals surface area (Å²) < 4.78 is 6.37. The molecule has 3 N–H and O–H groups in total. The number of fused-ring (bicyclic) bond motifs is 1. The number of methoxy groups -OCH3 is 1. The van der Waals surface area contributed by atoms with E-state index in [9.17, 15) is 9.59 Å². The predicted molar refractivity (Wildman–Crippen MR) is 126 cm³/mol. The number of ether oxygens (including phenoxy) is 1. The van der Waals surface area contributed by atoms with Gasteiger partial charge in [-0.25, -0.2) is 9.31 Å². The zero-order chi connectivity index (χ0) is 24.8. The van der Waals surface area contributed by atoms with E-state index in [1.165, 1.54) is 19.5 Å². The van der Waals surface area contributed by atoms with Gasteiger partial charge in [0, 0.05) is 18.3 Å². The monoisotopic (exact) mass is 472 g/mol. The standard InChI is InChI=1S/C24H24N8O3/c1-35-24(34)31-17-4-2-16(3-5-17)30-20-11-21(28-14-19(20)23(33)27-9-8-25)22-7-6-18-10-15(12-26)13-29-32(18)22/h6-7,10-11,13-14,16-17H,2-5,9H2,1H3,(H,27,33)(H,28,30)(H,31,34). The summed E-state index contributed by atoms with van der Waals surface area (Å²) in [6.45, 7) is -0.112. The van der Waals surface area contributed by atoms with Crippen LogP contribution in [-0.2, 0) is 4.74 Å². The number of carbonyl (C=O) groups is 2. The maximum atomic E-state index is 12.7. The van der Waals surface area contributed by atoms with Gasteiger partial charge in [-0.2, -0.15) is 15.6 Å². The maximum absolute atomic E-state index is 12.7. The second kappa shape index (κ2) is 10.5. The van der Waals surface area contributed by atoms with E-state index in [2.05, 4.69) is 36.8 Å². The number of anilines is 1. The minimum Gasteiger partial charge on any atom is -0.453 e. The summed E-state index contributed by atoms with van der Waals surface area (Å²) in [6.07, 6.45) is 5.66. The van der Waals surface area contributed by atoms with Gasteiger partial charge in [0.15, 0.2) is 0 Å². The number of amides is 2. The van der Waals surface area contributed by atoms with Crippen LogP contribution in [0.2, 0.25) is 0 Å². The number of rotatable bonds is 6. The minimum absolute atomic E-state index is 0.0448. The Morgan fingerprint density at radius 2 is 1.91 bits per heavy atom. The molecule has 3 aromatic heterocycles. The molecule has 0 aromatic carbocycles. The third-order valence-corrected chi connectivity index (χ3v) is 5.96. The minimum atomic E-state index is -0.438. The molecule has 11 nitrogen and oxygen atoms in total. The van der Waals surface area contributed by atoms with Crippen molar-refractivity contribution in [3.05, 3.63) is 47.8 Å². The molecule has 4 rings (SSSR count). The Kier molecular flexibility index (Phi) is 7.07. The lowest BCUT2D eigenvalue weighted by atomic mass is 9.91. The predicted octanol–water partition coefficient (Wildman–Crippen LogP) is 2.60. The first-order chi connectivity index (χ1) is 17.0. The Labute approximate surface area is 201 Å². The molecule has 178 valence electrons. The highest BCUT2D eigenvalue weighted by molar-refractivity contribution is 6.00. The fourth-order valence-electron chi connectivity index (χ4n) is 4.19. The Bertz CT molecular complexity index is 1330. The average molecular weight is 473 g/mol. The normalized spacial score (nSPS) is 17.1. The van der Waals surface area contributed by atoms with Gasteiger partial charge in [-0.3, -0.25) is 9.78 Å². The summed E-state index contributed by atoms with van der Waals surface area (Å²) in [6, 6.07) is 11.3. The lowest BCUT2D eigenvalue weighted by Crippen LogP contribution is -2.40. The van der Waals surface area contributed by atoms with Crippen LogP contribution in [0.25, 0.3) is 16.9 Å². The van der Waals surface area contributed by atoms with Gasteiger partial charge in [-0.15, -0.1) is 0 Å². The quantitative estimate of drug-likeness (QED) is 0.462. The first kappa shape index (κ1) is 23.5. The third-order valence-electron chi connectivity index (χ3n) is 5.96. The van der Waals surface area contributed by atoms with Crippen molar-refractivity contribution in [3.8, 4) is 23.5 Å². The van der Waals surface area contributed by atoms with Crippen molar-refractivity contribution in [2.75, 3.05) is 19.0 Å². The van der Waals surface area contributed by atoms with Crippen LogP contribution in [0.1, 0.15) is 41.6 Å². The summed E-state index contributed by atoms with van der Waals surface area (Å²) in [5.41, 5.74) is 3.45. The van der Waals surface area contributed by atoms with Crippen molar-refractivity contribution in [2.24, 2.45) is 0 Å². The first-order valence-electron chi connectivity index (χ1n) is 11.2. The van der Waals surface area contributed by atoms with E-state index in [1.807, 2.05) is 18.2 Å². The number of hydrogen-bond donors (Lipinski definition) is 3. The van der Waals surface area contributed by atoms with E-state index in [1.54, 1.807) is 16.6 Å². The molecule has 0 radical (unpaired) electrons. The van der Waals surface area contributed by atoms with Crippen molar-refractivity contribution >= 4 is 23.2 Å². The number of alkyl carbamates (subject to hydrolysis) is 1. The zero-order valence-corrected chi connectivity index (χ0v) is 19.1. The van der Waals surface area contributed by atoms with E-state index in [-0.39, 0.29) is 18.6 Å². The van der Waals surface area contributed by atoms with Crippen molar-refractivity contribution in [1.82, 2.24) is 25.2 Å². The second-order valence-corrected chi connectivity index (χ2v) is 8.20. The topological polar surface area (TPSA) is 157 Å². The molecule has 11 heteroatoms. The van der Waals surface area contributed by atoms with Gasteiger partial charge in [-0.1, -0.05) is 0 Å². The van der Waals surface area contributed by atoms with Crippen molar-refractivity contribution in [3.63, 3.8) is 0 Å². The Balaban J connectivity index is 1.60. The number of nitrogens with zero attached hydrogens (tertiary/aromatic N) is 5. The SMILES string of the molecule is COC(=O)NC1CCC(Nc2cc(-c3ccc4cc(C#N)cnn34)ncc2C(=O)NCC#N)CC1. The largest absolute Gasteiger partial charge is 0.453 e. The van der Waals surface area contributed by atoms with E-state index < -0.39 is 12.0 Å². The molecule has 1 aliphatic carbocycles. The van der Waals surface area contributed by atoms with Crippen LogP contribution in [0.3, 0.4) is 0 Å². The molecule has 3 aromatic rings. The molecule has 0 saturated heterocycles. The summed E-state index contributed by atoms with van der Waals surface area (Å²) in [5, 5.41) is 31.2. The van der Waals surface area contributed by atoms with E-state index in [4.69, 9.17) is 10.5 Å². The van der Waals surface area contributed by atoms with E-state index in [0.717, 1.165) is 31.2 Å². The lowest BCUT2D eigenvalue weighted by molar-refractivity contribution is 0.0958.